The Bertz CT molecular complexity index is 506. The van der Waals surface area contributed by atoms with Gasteiger partial charge < -0.3 is 9.47 Å². The zero-order valence-electron chi connectivity index (χ0n) is 11.8. The van der Waals surface area contributed by atoms with Gasteiger partial charge in [-0.15, -0.1) is 11.6 Å². The van der Waals surface area contributed by atoms with Crippen LogP contribution in [0.1, 0.15) is 51.0 Å². The minimum absolute atomic E-state index is 0.0608. The van der Waals surface area contributed by atoms with Gasteiger partial charge in [-0.3, -0.25) is 4.79 Å². The van der Waals surface area contributed by atoms with Crippen LogP contribution in [0.4, 0.5) is 5.82 Å². The number of rotatable bonds is 5. The molecular formula is C15H22ClN3O. The van der Waals surface area contributed by atoms with Crippen LogP contribution in [-0.2, 0) is 0 Å². The molecule has 1 heterocycles. The third-order valence-corrected chi connectivity index (χ3v) is 4.57. The van der Waals surface area contributed by atoms with E-state index in [2.05, 4.69) is 9.88 Å². The van der Waals surface area contributed by atoms with Crippen LogP contribution < -0.4 is 10.5 Å². The highest BCUT2D eigenvalue weighted by atomic mass is 35.5. The molecule has 3 rings (SSSR count). The Hall–Kier alpha value is -1.03. The fraction of sp³-hybridized carbons (Fsp3) is 0.733. The van der Waals surface area contributed by atoms with Crippen molar-refractivity contribution in [1.29, 1.82) is 0 Å². The van der Waals surface area contributed by atoms with E-state index in [4.69, 9.17) is 11.6 Å². The number of nitrogens with zero attached hydrogens (tertiary/aromatic N) is 3. The van der Waals surface area contributed by atoms with E-state index in [1.165, 1.54) is 19.3 Å². The average molecular weight is 296 g/mol. The predicted molar refractivity (Wildman–Crippen MR) is 81.7 cm³/mol. The van der Waals surface area contributed by atoms with Gasteiger partial charge in [-0.1, -0.05) is 19.3 Å². The highest BCUT2D eigenvalue weighted by molar-refractivity contribution is 6.18. The maximum atomic E-state index is 12.6. The second kappa shape index (κ2) is 6.17. The molecule has 0 aromatic carbocycles. The molecule has 5 heteroatoms. The molecule has 1 aromatic rings. The van der Waals surface area contributed by atoms with Crippen LogP contribution in [0.5, 0.6) is 0 Å². The number of hydrogen-bond donors (Lipinski definition) is 0. The fourth-order valence-corrected chi connectivity index (χ4v) is 3.38. The van der Waals surface area contributed by atoms with Crippen LogP contribution in [0.2, 0.25) is 0 Å². The first-order valence-corrected chi connectivity index (χ1v) is 8.24. The number of anilines is 1. The zero-order valence-corrected chi connectivity index (χ0v) is 12.6. The summed E-state index contributed by atoms with van der Waals surface area (Å²) in [6.07, 6.45) is 11.9. The van der Waals surface area contributed by atoms with Crippen molar-refractivity contribution in [3.05, 3.63) is 22.7 Å². The van der Waals surface area contributed by atoms with Crippen molar-refractivity contribution < 1.29 is 0 Å². The maximum Gasteiger partial charge on any atom is 0.293 e. The lowest BCUT2D eigenvalue weighted by Crippen LogP contribution is -2.42. The molecule has 2 aliphatic carbocycles. The molecule has 0 bridgehead atoms. The molecule has 4 nitrogen and oxygen atoms in total. The quantitative estimate of drug-likeness (QED) is 0.784. The molecule has 1 aromatic heterocycles. The minimum Gasteiger partial charge on any atom is -0.348 e. The van der Waals surface area contributed by atoms with Gasteiger partial charge in [0.1, 0.15) is 0 Å². The van der Waals surface area contributed by atoms with Crippen molar-refractivity contribution in [2.75, 3.05) is 17.3 Å². The first kappa shape index (κ1) is 13.9. The molecule has 2 saturated carbocycles. The summed E-state index contributed by atoms with van der Waals surface area (Å²) in [5, 5.41) is 0. The van der Waals surface area contributed by atoms with E-state index in [1.807, 2.05) is 10.8 Å². The van der Waals surface area contributed by atoms with Gasteiger partial charge in [-0.2, -0.15) is 0 Å². The van der Waals surface area contributed by atoms with Crippen molar-refractivity contribution in [3.63, 3.8) is 0 Å². The molecule has 20 heavy (non-hydrogen) atoms. The van der Waals surface area contributed by atoms with Gasteiger partial charge in [0.05, 0.1) is 0 Å². The average Bonchev–Trinajstić information content (AvgIpc) is 3.31. The SMILES string of the molecule is O=c1c(N(CCCl)C2CCCCC2)nccn1C1CC1. The minimum atomic E-state index is 0.0608. The van der Waals surface area contributed by atoms with E-state index < -0.39 is 0 Å². The van der Waals surface area contributed by atoms with Crippen molar-refractivity contribution >= 4 is 17.4 Å². The summed E-state index contributed by atoms with van der Waals surface area (Å²) in [6, 6.07) is 0.825. The second-order valence-corrected chi connectivity index (χ2v) is 6.25. The van der Waals surface area contributed by atoms with Crippen LogP contribution >= 0.6 is 11.6 Å². The summed E-state index contributed by atoms with van der Waals surface area (Å²) in [5.41, 5.74) is 0.0608. The van der Waals surface area contributed by atoms with Gasteiger partial charge in [0.2, 0.25) is 0 Å². The van der Waals surface area contributed by atoms with E-state index in [0.717, 1.165) is 25.7 Å². The Morgan fingerprint density at radius 3 is 2.65 bits per heavy atom. The first-order valence-electron chi connectivity index (χ1n) is 7.71. The van der Waals surface area contributed by atoms with Crippen LogP contribution in [0.3, 0.4) is 0 Å². The van der Waals surface area contributed by atoms with Crippen LogP contribution in [0.25, 0.3) is 0 Å². The van der Waals surface area contributed by atoms with Gasteiger partial charge >= 0.3 is 0 Å². The number of halogens is 1. The third kappa shape index (κ3) is 2.85. The first-order chi connectivity index (χ1) is 9.81. The van der Waals surface area contributed by atoms with E-state index in [9.17, 15) is 4.79 Å². The summed E-state index contributed by atoms with van der Waals surface area (Å²) in [4.78, 5) is 19.2. The number of hydrogen-bond acceptors (Lipinski definition) is 3. The Morgan fingerprint density at radius 1 is 1.25 bits per heavy atom. The summed E-state index contributed by atoms with van der Waals surface area (Å²) < 4.78 is 1.85. The number of alkyl halides is 1. The lowest BCUT2D eigenvalue weighted by molar-refractivity contribution is 0.415. The van der Waals surface area contributed by atoms with Gasteiger partial charge in [-0.25, -0.2) is 4.98 Å². The van der Waals surface area contributed by atoms with E-state index >= 15 is 0 Å². The largest absolute Gasteiger partial charge is 0.348 e. The van der Waals surface area contributed by atoms with Gasteiger partial charge in [-0.05, 0) is 25.7 Å². The van der Waals surface area contributed by atoms with Gasteiger partial charge in [0, 0.05) is 36.9 Å². The molecule has 0 spiro atoms. The molecule has 0 N–H and O–H groups in total. The fourth-order valence-electron chi connectivity index (χ4n) is 3.20. The zero-order chi connectivity index (χ0) is 13.9. The van der Waals surface area contributed by atoms with Crippen LogP contribution in [0, 0.1) is 0 Å². The molecule has 110 valence electrons. The molecule has 0 radical (unpaired) electrons. The molecule has 2 fully saturated rings. The van der Waals surface area contributed by atoms with E-state index in [0.29, 0.717) is 30.3 Å². The Kier molecular flexibility index (Phi) is 4.29. The summed E-state index contributed by atoms with van der Waals surface area (Å²) in [7, 11) is 0. The smallest absolute Gasteiger partial charge is 0.293 e. The van der Waals surface area contributed by atoms with Crippen LogP contribution in [-0.4, -0.2) is 28.0 Å². The van der Waals surface area contributed by atoms with Crippen molar-refractivity contribution in [3.8, 4) is 0 Å². The molecule has 0 aliphatic heterocycles. The summed E-state index contributed by atoms with van der Waals surface area (Å²) in [6.45, 7) is 0.711. The van der Waals surface area contributed by atoms with Crippen LogP contribution in [0.15, 0.2) is 17.2 Å². The standard InChI is InChI=1S/C15H22ClN3O/c16-8-10-18(12-4-2-1-3-5-12)14-15(20)19(11-9-17-14)13-6-7-13/h9,11-13H,1-8,10H2. The monoisotopic (exact) mass is 295 g/mol. The predicted octanol–water partition coefficient (Wildman–Crippen LogP) is 2.96. The molecule has 0 saturated heterocycles. The Balaban J connectivity index is 1.90. The normalized spacial score (nSPS) is 20.1. The summed E-state index contributed by atoms with van der Waals surface area (Å²) in [5.74, 6) is 1.14. The maximum absolute atomic E-state index is 12.6. The third-order valence-electron chi connectivity index (χ3n) is 4.40. The molecule has 0 atom stereocenters. The molecule has 2 aliphatic rings. The highest BCUT2D eigenvalue weighted by Crippen LogP contribution is 2.33. The van der Waals surface area contributed by atoms with Crippen molar-refractivity contribution in [2.24, 2.45) is 0 Å². The molecule has 0 amide bonds. The van der Waals surface area contributed by atoms with E-state index in [-0.39, 0.29) is 5.56 Å². The number of aromatic nitrogens is 2. The van der Waals surface area contributed by atoms with E-state index in [1.54, 1.807) is 6.20 Å². The molecule has 0 unspecified atom stereocenters. The van der Waals surface area contributed by atoms with Gasteiger partial charge in [0.15, 0.2) is 5.82 Å². The second-order valence-electron chi connectivity index (χ2n) is 5.87. The highest BCUT2D eigenvalue weighted by Gasteiger charge is 2.28. The molecular weight excluding hydrogens is 274 g/mol. The Morgan fingerprint density at radius 2 is 2.00 bits per heavy atom. The topological polar surface area (TPSA) is 38.1 Å². The summed E-state index contributed by atoms with van der Waals surface area (Å²) >= 11 is 5.95. The Labute approximate surface area is 124 Å². The lowest BCUT2D eigenvalue weighted by atomic mass is 9.94. The lowest BCUT2D eigenvalue weighted by Gasteiger charge is -2.34. The van der Waals surface area contributed by atoms with Crippen molar-refractivity contribution in [2.45, 2.75) is 57.0 Å². The van der Waals surface area contributed by atoms with Crippen molar-refractivity contribution in [1.82, 2.24) is 9.55 Å². The van der Waals surface area contributed by atoms with Gasteiger partial charge in [0.25, 0.3) is 5.56 Å².